The number of fused-ring (bicyclic) bond motifs is 1. The predicted octanol–water partition coefficient (Wildman–Crippen LogP) is 5.88. The number of benzene rings is 2. The van der Waals surface area contributed by atoms with Crippen molar-refractivity contribution in [2.75, 3.05) is 24.5 Å². The molecule has 4 aromatic rings. The summed E-state index contributed by atoms with van der Waals surface area (Å²) in [6, 6.07) is 13.8. The van der Waals surface area contributed by atoms with Gasteiger partial charge in [-0.1, -0.05) is 75.5 Å². The van der Waals surface area contributed by atoms with Crippen molar-refractivity contribution in [1.82, 2.24) is 19.4 Å². The van der Waals surface area contributed by atoms with Crippen LogP contribution in [0.3, 0.4) is 0 Å². The number of halogens is 1. The topological polar surface area (TPSA) is 71.3 Å². The Bertz CT molecular complexity index is 1830. The fourth-order valence-electron chi connectivity index (χ4n) is 5.61. The van der Waals surface area contributed by atoms with Gasteiger partial charge in [0.2, 0.25) is 5.91 Å². The summed E-state index contributed by atoms with van der Waals surface area (Å²) in [7, 11) is 0. The monoisotopic (exact) mass is 553 g/mol. The molecular weight excluding hydrogens is 517 g/mol. The third-order valence-corrected chi connectivity index (χ3v) is 7.67. The number of piperazine rings is 1. The molecular formula is C33H34FN5O2. The minimum Gasteiger partial charge on any atom is -0.350 e. The maximum absolute atomic E-state index is 16.1. The van der Waals surface area contributed by atoms with Crippen LogP contribution in [0.4, 0.5) is 10.2 Å². The maximum Gasteiger partial charge on any atom is 0.355 e. The summed E-state index contributed by atoms with van der Waals surface area (Å²) >= 11 is 0. The van der Waals surface area contributed by atoms with Crippen LogP contribution in [-0.4, -0.2) is 51.0 Å². The Labute approximate surface area is 242 Å². The number of hydrogen-bond donors (Lipinski definition) is 0. The highest BCUT2D eigenvalue weighted by Gasteiger charge is 2.30. The molecule has 8 heteroatoms. The van der Waals surface area contributed by atoms with E-state index in [9.17, 15) is 9.59 Å². The van der Waals surface area contributed by atoms with Crippen molar-refractivity contribution in [2.45, 2.75) is 39.7 Å². The van der Waals surface area contributed by atoms with Crippen molar-refractivity contribution in [3.8, 4) is 16.9 Å². The first-order valence-corrected chi connectivity index (χ1v) is 13.7. The third-order valence-electron chi connectivity index (χ3n) is 7.67. The van der Waals surface area contributed by atoms with Gasteiger partial charge in [-0.05, 0) is 48.6 Å². The van der Waals surface area contributed by atoms with Crippen LogP contribution in [0, 0.1) is 12.7 Å². The van der Waals surface area contributed by atoms with E-state index < -0.39 is 18.0 Å². The van der Waals surface area contributed by atoms with Crippen LogP contribution in [0.1, 0.15) is 46.1 Å². The predicted molar refractivity (Wildman–Crippen MR) is 163 cm³/mol. The number of amides is 1. The number of aryl methyl sites for hydroxylation is 1. The van der Waals surface area contributed by atoms with Crippen LogP contribution < -0.4 is 10.6 Å². The Morgan fingerprint density at radius 3 is 2.66 bits per heavy atom. The van der Waals surface area contributed by atoms with E-state index in [1.54, 1.807) is 29.2 Å². The highest BCUT2D eigenvalue weighted by Crippen LogP contribution is 2.34. The third kappa shape index (κ3) is 4.94. The highest BCUT2D eigenvalue weighted by atomic mass is 19.1. The summed E-state index contributed by atoms with van der Waals surface area (Å²) in [6.07, 6.45) is 2.61. The maximum atomic E-state index is 16.1. The molecule has 41 heavy (non-hydrogen) atoms. The first-order valence-electron chi connectivity index (χ1n) is 14.7. The smallest absolute Gasteiger partial charge is 0.350 e. The SMILES string of the molecule is [2H]C([2H])=Cc1ccccc1-c1nc2c(cc1F)c(N1CCN(C(=O)C=C)C[C@@H]1C)nc(=O)n2-c1c(C)cccc1C(C)C. The number of anilines is 1. The average molecular weight is 554 g/mol. The number of hydrogen-bond acceptors (Lipinski definition) is 5. The second kappa shape index (κ2) is 11.1. The second-order valence-corrected chi connectivity index (χ2v) is 10.7. The number of carbonyl (C=O) groups is 1. The molecule has 0 spiro atoms. The van der Waals surface area contributed by atoms with E-state index in [-0.39, 0.29) is 29.2 Å². The molecule has 3 heterocycles. The molecule has 1 aliphatic rings. The van der Waals surface area contributed by atoms with Gasteiger partial charge >= 0.3 is 5.69 Å². The lowest BCUT2D eigenvalue weighted by molar-refractivity contribution is -0.126. The molecule has 0 aliphatic carbocycles. The van der Waals surface area contributed by atoms with Crippen molar-refractivity contribution in [3.63, 3.8) is 0 Å². The van der Waals surface area contributed by atoms with Gasteiger partial charge in [0.25, 0.3) is 0 Å². The molecule has 210 valence electrons. The van der Waals surface area contributed by atoms with Gasteiger partial charge in [0.1, 0.15) is 17.3 Å². The lowest BCUT2D eigenvalue weighted by atomic mass is 9.98. The molecule has 5 rings (SSSR count). The normalized spacial score (nSPS) is 16.0. The first-order chi connectivity index (χ1) is 20.5. The van der Waals surface area contributed by atoms with Gasteiger partial charge in [-0.15, -0.1) is 0 Å². The minimum atomic E-state index is -0.625. The fourth-order valence-corrected chi connectivity index (χ4v) is 5.61. The van der Waals surface area contributed by atoms with Crippen LogP contribution in [0.5, 0.6) is 0 Å². The zero-order valence-corrected chi connectivity index (χ0v) is 23.7. The summed E-state index contributed by atoms with van der Waals surface area (Å²) in [5.41, 5.74) is 2.98. The molecule has 1 amide bonds. The van der Waals surface area contributed by atoms with Gasteiger partial charge in [0.05, 0.1) is 13.8 Å². The molecule has 0 bridgehead atoms. The molecule has 1 fully saturated rings. The van der Waals surface area contributed by atoms with E-state index >= 15 is 4.39 Å². The van der Waals surface area contributed by atoms with E-state index in [2.05, 4.69) is 11.6 Å². The van der Waals surface area contributed by atoms with Crippen LogP contribution >= 0.6 is 0 Å². The second-order valence-electron chi connectivity index (χ2n) is 10.7. The number of pyridine rings is 1. The Morgan fingerprint density at radius 1 is 1.17 bits per heavy atom. The van der Waals surface area contributed by atoms with Crippen LogP contribution in [0.2, 0.25) is 0 Å². The van der Waals surface area contributed by atoms with Gasteiger partial charge < -0.3 is 9.80 Å². The Morgan fingerprint density at radius 2 is 1.95 bits per heavy atom. The zero-order valence-electron chi connectivity index (χ0n) is 25.7. The largest absolute Gasteiger partial charge is 0.355 e. The quantitative estimate of drug-likeness (QED) is 0.279. The lowest BCUT2D eigenvalue weighted by Gasteiger charge is -2.40. The molecule has 0 radical (unpaired) electrons. The van der Waals surface area contributed by atoms with E-state index in [1.165, 1.54) is 22.8 Å². The van der Waals surface area contributed by atoms with E-state index in [0.29, 0.717) is 47.7 Å². The molecule has 7 nitrogen and oxygen atoms in total. The summed E-state index contributed by atoms with van der Waals surface area (Å²) in [6.45, 7) is 12.3. The Balaban J connectivity index is 1.83. The standard InChI is InChI=1S/C33H34FN5O2/c1-7-23-13-9-10-14-25(23)29-27(34)18-26-31(38-17-16-37(19-22(38)6)28(40)8-2)36-33(41)39(32(26)35-29)30-21(5)12-11-15-24(30)20(3)4/h7-15,18,20,22H,1-2,16-17,19H2,3-6H3/t22-/m0/s1/i1D2. The number of para-hydroxylation sites is 1. The molecule has 1 aliphatic heterocycles. The Hall–Kier alpha value is -4.59. The molecule has 1 saturated heterocycles. The van der Waals surface area contributed by atoms with Gasteiger partial charge in [0, 0.05) is 31.2 Å². The van der Waals surface area contributed by atoms with Crippen molar-refractivity contribution in [1.29, 1.82) is 0 Å². The summed E-state index contributed by atoms with van der Waals surface area (Å²) < 4.78 is 32.9. The highest BCUT2D eigenvalue weighted by molar-refractivity contribution is 5.92. The van der Waals surface area contributed by atoms with Crippen LogP contribution in [0.15, 0.2) is 72.5 Å². The van der Waals surface area contributed by atoms with Crippen molar-refractivity contribution < 1.29 is 11.9 Å². The zero-order chi connectivity index (χ0) is 31.0. The molecule has 0 unspecified atom stereocenters. The summed E-state index contributed by atoms with van der Waals surface area (Å²) in [5.74, 6) is -0.417. The fraction of sp³-hybridized carbons (Fsp3) is 0.273. The molecule has 0 saturated carbocycles. The van der Waals surface area contributed by atoms with E-state index in [1.807, 2.05) is 50.8 Å². The minimum absolute atomic E-state index is 0.0000265. The van der Waals surface area contributed by atoms with Crippen molar-refractivity contribution in [3.05, 3.63) is 101 Å². The molecule has 2 aromatic carbocycles. The molecule has 2 aromatic heterocycles. The first kappa shape index (κ1) is 25.4. The number of nitrogens with zero attached hydrogens (tertiary/aromatic N) is 5. The van der Waals surface area contributed by atoms with Crippen LogP contribution in [-0.2, 0) is 4.79 Å². The van der Waals surface area contributed by atoms with Gasteiger partial charge in [-0.2, -0.15) is 4.98 Å². The number of carbonyl (C=O) groups excluding carboxylic acids is 1. The number of rotatable bonds is 6. The lowest BCUT2D eigenvalue weighted by Crippen LogP contribution is -2.54. The Kier molecular flexibility index (Phi) is 6.88. The molecule has 1 atom stereocenters. The molecule has 0 N–H and O–H groups in total. The van der Waals surface area contributed by atoms with Gasteiger partial charge in [0.15, 0.2) is 5.65 Å². The summed E-state index contributed by atoms with van der Waals surface area (Å²) in [5, 5.41) is 0.365. The van der Waals surface area contributed by atoms with Gasteiger partial charge in [-0.25, -0.2) is 18.7 Å². The van der Waals surface area contributed by atoms with Crippen molar-refractivity contribution in [2.24, 2.45) is 0 Å². The van der Waals surface area contributed by atoms with E-state index in [4.69, 9.17) is 7.73 Å². The van der Waals surface area contributed by atoms with Crippen LogP contribution in [0.25, 0.3) is 34.1 Å². The average Bonchev–Trinajstić information content (AvgIpc) is 2.96. The van der Waals surface area contributed by atoms with Gasteiger partial charge in [-0.3, -0.25) is 4.79 Å². The van der Waals surface area contributed by atoms with Crippen molar-refractivity contribution >= 4 is 28.8 Å². The summed E-state index contributed by atoms with van der Waals surface area (Å²) in [4.78, 5) is 39.3. The van der Waals surface area contributed by atoms with E-state index in [0.717, 1.165) is 11.1 Å². The number of aromatic nitrogens is 3.